The second-order valence-corrected chi connectivity index (χ2v) is 5.90. The quantitative estimate of drug-likeness (QED) is 0.826. The molecule has 2 rings (SSSR count). The molecule has 108 valence electrons. The average molecular weight is 274 g/mol. The lowest BCUT2D eigenvalue weighted by Crippen LogP contribution is -2.39. The van der Waals surface area contributed by atoms with Gasteiger partial charge in [-0.3, -0.25) is 4.90 Å². The Morgan fingerprint density at radius 1 is 1.25 bits per heavy atom. The van der Waals surface area contributed by atoms with Crippen molar-refractivity contribution in [2.45, 2.75) is 46.1 Å². The van der Waals surface area contributed by atoms with E-state index in [1.165, 1.54) is 37.8 Å². The van der Waals surface area contributed by atoms with Crippen molar-refractivity contribution >= 4 is 0 Å². The van der Waals surface area contributed by atoms with Crippen LogP contribution in [0, 0.1) is 22.6 Å². The van der Waals surface area contributed by atoms with Gasteiger partial charge in [0.2, 0.25) is 0 Å². The number of nitrogens with zero attached hydrogens (tertiary/aromatic N) is 2. The van der Waals surface area contributed by atoms with Gasteiger partial charge in [0, 0.05) is 6.54 Å². The fourth-order valence-corrected chi connectivity index (χ4v) is 3.19. The Balaban J connectivity index is 2.03. The van der Waals surface area contributed by atoms with E-state index in [0.29, 0.717) is 17.5 Å². The number of halogens is 1. The average Bonchev–Trinajstić information content (AvgIpc) is 2.49. The third-order valence-electron chi connectivity index (χ3n) is 5.00. The van der Waals surface area contributed by atoms with Gasteiger partial charge in [-0.2, -0.15) is 5.26 Å². The molecule has 1 heterocycles. The van der Waals surface area contributed by atoms with Gasteiger partial charge in [0.25, 0.3) is 0 Å². The molecular formula is C17H23FN2. The molecule has 0 unspecified atom stereocenters. The lowest BCUT2D eigenvalue weighted by atomic mass is 9.74. The highest BCUT2D eigenvalue weighted by Crippen LogP contribution is 2.38. The van der Waals surface area contributed by atoms with E-state index in [1.807, 2.05) is 0 Å². The molecule has 1 aliphatic rings. The van der Waals surface area contributed by atoms with Crippen molar-refractivity contribution in [1.82, 2.24) is 4.90 Å². The minimum absolute atomic E-state index is 0.257. The molecular weight excluding hydrogens is 251 g/mol. The first-order valence-electron chi connectivity index (χ1n) is 7.53. The normalized spacial score (nSPS) is 18.7. The lowest BCUT2D eigenvalue weighted by Gasteiger charge is -2.41. The summed E-state index contributed by atoms with van der Waals surface area (Å²) in [6.07, 6.45) is 4.88. The Bertz CT molecular complexity index is 490. The minimum atomic E-state index is -0.257. The molecule has 0 radical (unpaired) electrons. The van der Waals surface area contributed by atoms with Gasteiger partial charge >= 0.3 is 0 Å². The summed E-state index contributed by atoms with van der Waals surface area (Å²) >= 11 is 0. The third-order valence-corrected chi connectivity index (χ3v) is 5.00. The molecule has 0 saturated carbocycles. The van der Waals surface area contributed by atoms with Gasteiger partial charge in [-0.1, -0.05) is 26.7 Å². The van der Waals surface area contributed by atoms with E-state index in [4.69, 9.17) is 5.26 Å². The van der Waals surface area contributed by atoms with Crippen LogP contribution in [0.2, 0.25) is 0 Å². The van der Waals surface area contributed by atoms with E-state index in [0.717, 1.165) is 18.7 Å². The van der Waals surface area contributed by atoms with Gasteiger partial charge in [-0.15, -0.1) is 0 Å². The molecule has 0 amide bonds. The molecule has 0 aliphatic carbocycles. The molecule has 0 bridgehead atoms. The minimum Gasteiger partial charge on any atom is -0.299 e. The molecule has 0 atom stereocenters. The van der Waals surface area contributed by atoms with Crippen LogP contribution in [0.3, 0.4) is 0 Å². The van der Waals surface area contributed by atoms with Crippen molar-refractivity contribution in [3.05, 3.63) is 35.1 Å². The highest BCUT2D eigenvalue weighted by atomic mass is 19.1. The van der Waals surface area contributed by atoms with Crippen molar-refractivity contribution in [2.75, 3.05) is 13.1 Å². The zero-order chi connectivity index (χ0) is 14.6. The number of benzene rings is 1. The predicted molar refractivity (Wildman–Crippen MR) is 78.6 cm³/mol. The molecule has 1 saturated heterocycles. The maximum atomic E-state index is 13.3. The molecule has 1 aliphatic heterocycles. The maximum Gasteiger partial charge on any atom is 0.123 e. The van der Waals surface area contributed by atoms with Gasteiger partial charge in [-0.25, -0.2) is 4.39 Å². The fraction of sp³-hybridized carbons (Fsp3) is 0.588. The zero-order valence-corrected chi connectivity index (χ0v) is 12.5. The van der Waals surface area contributed by atoms with E-state index < -0.39 is 0 Å². The molecule has 1 aromatic carbocycles. The first kappa shape index (κ1) is 15.0. The SMILES string of the molecule is CCC1(CC)CCN(Cc2cc(F)ccc2C#N)CC1. The number of piperidine rings is 1. The Labute approximate surface area is 121 Å². The number of hydrogen-bond acceptors (Lipinski definition) is 2. The molecule has 1 fully saturated rings. The molecule has 20 heavy (non-hydrogen) atoms. The summed E-state index contributed by atoms with van der Waals surface area (Å²) in [5.74, 6) is -0.257. The summed E-state index contributed by atoms with van der Waals surface area (Å²) in [6, 6.07) is 6.60. The number of hydrogen-bond donors (Lipinski definition) is 0. The summed E-state index contributed by atoms with van der Waals surface area (Å²) in [4.78, 5) is 2.35. The summed E-state index contributed by atoms with van der Waals surface area (Å²) in [5.41, 5.74) is 1.90. The van der Waals surface area contributed by atoms with E-state index in [1.54, 1.807) is 6.07 Å². The van der Waals surface area contributed by atoms with E-state index in [2.05, 4.69) is 24.8 Å². The van der Waals surface area contributed by atoms with Crippen LogP contribution in [0.15, 0.2) is 18.2 Å². The standard InChI is InChI=1S/C17H23FN2/c1-3-17(4-2)7-9-20(10-8-17)13-15-11-16(18)6-5-14(15)12-19/h5-6,11H,3-4,7-10,13H2,1-2H3. The second-order valence-electron chi connectivity index (χ2n) is 5.90. The largest absolute Gasteiger partial charge is 0.299 e. The Hall–Kier alpha value is -1.40. The topological polar surface area (TPSA) is 27.0 Å². The maximum absolute atomic E-state index is 13.3. The van der Waals surface area contributed by atoms with Crippen LogP contribution in [-0.2, 0) is 6.54 Å². The van der Waals surface area contributed by atoms with Crippen LogP contribution < -0.4 is 0 Å². The van der Waals surface area contributed by atoms with Crippen LogP contribution in [0.5, 0.6) is 0 Å². The monoisotopic (exact) mass is 274 g/mol. The zero-order valence-electron chi connectivity index (χ0n) is 12.5. The summed E-state index contributed by atoms with van der Waals surface area (Å²) in [7, 11) is 0. The van der Waals surface area contributed by atoms with Gasteiger partial charge in [0.1, 0.15) is 5.82 Å². The van der Waals surface area contributed by atoms with Crippen LogP contribution in [0.4, 0.5) is 4.39 Å². The molecule has 2 nitrogen and oxygen atoms in total. The third kappa shape index (κ3) is 3.19. The Morgan fingerprint density at radius 3 is 2.45 bits per heavy atom. The Kier molecular flexibility index (Phi) is 4.77. The number of rotatable bonds is 4. The predicted octanol–water partition coefficient (Wildman–Crippen LogP) is 4.10. The number of nitriles is 1. The van der Waals surface area contributed by atoms with Crippen molar-refractivity contribution in [2.24, 2.45) is 5.41 Å². The van der Waals surface area contributed by atoms with Gasteiger partial charge in [0.05, 0.1) is 11.6 Å². The van der Waals surface area contributed by atoms with Crippen LogP contribution >= 0.6 is 0 Å². The van der Waals surface area contributed by atoms with Crippen LogP contribution in [-0.4, -0.2) is 18.0 Å². The second kappa shape index (κ2) is 6.37. The molecule has 1 aromatic rings. The molecule has 0 aromatic heterocycles. The molecule has 0 spiro atoms. The van der Waals surface area contributed by atoms with Crippen molar-refractivity contribution in [3.8, 4) is 6.07 Å². The van der Waals surface area contributed by atoms with E-state index >= 15 is 0 Å². The summed E-state index contributed by atoms with van der Waals surface area (Å²) in [6.45, 7) is 7.33. The summed E-state index contributed by atoms with van der Waals surface area (Å²) in [5, 5.41) is 9.11. The van der Waals surface area contributed by atoms with Gasteiger partial charge < -0.3 is 0 Å². The highest BCUT2D eigenvalue weighted by molar-refractivity contribution is 5.37. The van der Waals surface area contributed by atoms with E-state index in [9.17, 15) is 4.39 Å². The number of likely N-dealkylation sites (tertiary alicyclic amines) is 1. The smallest absolute Gasteiger partial charge is 0.123 e. The Morgan fingerprint density at radius 2 is 1.90 bits per heavy atom. The van der Waals surface area contributed by atoms with Crippen LogP contribution in [0.25, 0.3) is 0 Å². The highest BCUT2D eigenvalue weighted by Gasteiger charge is 2.31. The first-order valence-corrected chi connectivity index (χ1v) is 7.53. The van der Waals surface area contributed by atoms with Crippen molar-refractivity contribution < 1.29 is 4.39 Å². The fourth-order valence-electron chi connectivity index (χ4n) is 3.19. The first-order chi connectivity index (χ1) is 9.62. The van der Waals surface area contributed by atoms with Crippen LogP contribution in [0.1, 0.15) is 50.7 Å². The van der Waals surface area contributed by atoms with Gasteiger partial charge in [-0.05, 0) is 55.1 Å². The van der Waals surface area contributed by atoms with Gasteiger partial charge in [0.15, 0.2) is 0 Å². The van der Waals surface area contributed by atoms with Crippen molar-refractivity contribution in [1.29, 1.82) is 5.26 Å². The van der Waals surface area contributed by atoms with E-state index in [-0.39, 0.29) is 5.82 Å². The van der Waals surface area contributed by atoms with Crippen molar-refractivity contribution in [3.63, 3.8) is 0 Å². The molecule has 0 N–H and O–H groups in total. The molecule has 3 heteroatoms. The lowest BCUT2D eigenvalue weighted by molar-refractivity contribution is 0.0908. The summed E-state index contributed by atoms with van der Waals surface area (Å²) < 4.78 is 13.3.